The second-order valence-electron chi connectivity index (χ2n) is 5.75. The second kappa shape index (κ2) is 4.85. The van der Waals surface area contributed by atoms with Gasteiger partial charge >= 0.3 is 6.09 Å². The van der Waals surface area contributed by atoms with Crippen molar-refractivity contribution in [3.05, 3.63) is 28.8 Å². The fourth-order valence-corrected chi connectivity index (χ4v) is 4.24. The van der Waals surface area contributed by atoms with Gasteiger partial charge in [0.15, 0.2) is 0 Å². The molecule has 8 heteroatoms. The Kier molecular flexibility index (Phi) is 3.05. The van der Waals surface area contributed by atoms with Crippen LogP contribution in [0.25, 0.3) is 5.52 Å². The molecule has 0 saturated carbocycles. The van der Waals surface area contributed by atoms with Crippen molar-refractivity contribution in [2.75, 3.05) is 18.9 Å². The van der Waals surface area contributed by atoms with Crippen molar-refractivity contribution in [2.24, 2.45) is 5.92 Å². The van der Waals surface area contributed by atoms with Gasteiger partial charge in [-0.2, -0.15) is 0 Å². The highest BCUT2D eigenvalue weighted by Crippen LogP contribution is 2.43. The fraction of sp³-hybridized carbons (Fsp3) is 0.429. The first-order chi connectivity index (χ1) is 10.6. The van der Waals surface area contributed by atoms with E-state index in [0.717, 1.165) is 11.9 Å². The van der Waals surface area contributed by atoms with Crippen molar-refractivity contribution < 1.29 is 14.6 Å². The minimum Gasteiger partial charge on any atom is -0.465 e. The molecule has 0 radical (unpaired) electrons. The van der Waals surface area contributed by atoms with Crippen LogP contribution in [0.4, 0.5) is 10.5 Å². The zero-order valence-electron chi connectivity index (χ0n) is 11.6. The summed E-state index contributed by atoms with van der Waals surface area (Å²) in [7, 11) is 0. The molecule has 3 atom stereocenters. The molecule has 0 bridgehead atoms. The summed E-state index contributed by atoms with van der Waals surface area (Å²) >= 11 is 3.43. The molecule has 3 N–H and O–H groups in total. The van der Waals surface area contributed by atoms with E-state index < -0.39 is 6.09 Å². The summed E-state index contributed by atoms with van der Waals surface area (Å²) in [5, 5.41) is 9.62. The lowest BCUT2D eigenvalue weighted by atomic mass is 10.0. The Hall–Kier alpha value is -1.80. The van der Waals surface area contributed by atoms with E-state index >= 15 is 0 Å². The van der Waals surface area contributed by atoms with E-state index in [0.29, 0.717) is 29.3 Å². The predicted molar refractivity (Wildman–Crippen MR) is 82.6 cm³/mol. The number of likely N-dealkylation sites (tertiary alicyclic amines) is 1. The number of nitrogens with two attached hydrogens (primary N) is 1. The summed E-state index contributed by atoms with van der Waals surface area (Å²) in [5.41, 5.74) is 7.40. The predicted octanol–water partition coefficient (Wildman–Crippen LogP) is 2.12. The van der Waals surface area contributed by atoms with Gasteiger partial charge in [0, 0.05) is 12.1 Å². The summed E-state index contributed by atoms with van der Waals surface area (Å²) in [4.78, 5) is 17.8. The summed E-state index contributed by atoms with van der Waals surface area (Å²) in [6.07, 6.45) is 1.65. The van der Waals surface area contributed by atoms with Crippen LogP contribution in [0.15, 0.2) is 22.9 Å². The minimum atomic E-state index is -0.931. The van der Waals surface area contributed by atoms with Gasteiger partial charge < -0.3 is 15.6 Å². The normalized spacial score (nSPS) is 27.5. The van der Waals surface area contributed by atoms with Crippen molar-refractivity contribution in [1.29, 1.82) is 0 Å². The number of hydrogen-bond donors (Lipinski definition) is 2. The Morgan fingerprint density at radius 3 is 3.09 bits per heavy atom. The quantitative estimate of drug-likeness (QED) is 0.806. The Morgan fingerprint density at radius 2 is 2.32 bits per heavy atom. The third-order valence-corrected chi connectivity index (χ3v) is 5.14. The fourth-order valence-electron chi connectivity index (χ4n) is 3.63. The van der Waals surface area contributed by atoms with Crippen molar-refractivity contribution in [2.45, 2.75) is 18.5 Å². The number of halogens is 1. The molecule has 0 unspecified atom stereocenters. The first-order valence-electron chi connectivity index (χ1n) is 7.09. The van der Waals surface area contributed by atoms with Gasteiger partial charge in [0.05, 0.1) is 31.0 Å². The maximum Gasteiger partial charge on any atom is 0.408 e. The van der Waals surface area contributed by atoms with Gasteiger partial charge in [-0.1, -0.05) is 0 Å². The number of amides is 1. The number of imidazole rings is 1. The molecule has 2 aromatic heterocycles. The highest BCUT2D eigenvalue weighted by molar-refractivity contribution is 9.10. The maximum absolute atomic E-state index is 11.7. The van der Waals surface area contributed by atoms with Crippen LogP contribution in [0.1, 0.15) is 18.3 Å². The van der Waals surface area contributed by atoms with Crippen LogP contribution in [0.2, 0.25) is 0 Å². The molecule has 7 nitrogen and oxygen atoms in total. The van der Waals surface area contributed by atoms with Crippen LogP contribution in [0.5, 0.6) is 0 Å². The second-order valence-corrected chi connectivity index (χ2v) is 6.50. The van der Waals surface area contributed by atoms with Crippen molar-refractivity contribution >= 4 is 33.2 Å². The van der Waals surface area contributed by atoms with Crippen LogP contribution >= 0.6 is 15.9 Å². The van der Waals surface area contributed by atoms with Crippen LogP contribution in [-0.4, -0.2) is 44.7 Å². The Morgan fingerprint density at radius 1 is 1.50 bits per heavy atom. The van der Waals surface area contributed by atoms with E-state index in [4.69, 9.17) is 10.5 Å². The standard InChI is InChI=1S/C14H15BrN4O3/c15-12-11-8(16)2-1-3-18(11)13(17-12)9-4-7-5-22-6-10(7)19(9)14(20)21/h1-3,7,9-10H,4-6,16H2,(H,20,21)/t7-,9-,10+/m0/s1. The Bertz CT molecular complexity index is 762. The molecular weight excluding hydrogens is 352 g/mol. The highest BCUT2D eigenvalue weighted by Gasteiger charge is 2.49. The SMILES string of the molecule is Nc1cccn2c([C@@H]3C[C@H]4COC[C@H]4N3C(=O)O)nc(Br)c12. The lowest BCUT2D eigenvalue weighted by Gasteiger charge is -2.25. The number of fused-ring (bicyclic) bond motifs is 2. The van der Waals surface area contributed by atoms with Crippen molar-refractivity contribution in [1.82, 2.24) is 14.3 Å². The molecule has 2 aliphatic rings. The largest absolute Gasteiger partial charge is 0.465 e. The molecule has 4 heterocycles. The summed E-state index contributed by atoms with van der Waals surface area (Å²) in [6, 6.07) is 3.27. The number of carbonyl (C=O) groups is 1. The first-order valence-corrected chi connectivity index (χ1v) is 7.88. The number of nitrogens with zero attached hydrogens (tertiary/aromatic N) is 3. The number of rotatable bonds is 1. The molecule has 2 fully saturated rings. The van der Waals surface area contributed by atoms with Crippen LogP contribution in [-0.2, 0) is 4.74 Å². The molecule has 22 heavy (non-hydrogen) atoms. The monoisotopic (exact) mass is 366 g/mol. The average molecular weight is 367 g/mol. The number of pyridine rings is 1. The number of carboxylic acid groups (broad SMARTS) is 1. The number of ether oxygens (including phenoxy) is 1. The number of nitrogen functional groups attached to an aromatic ring is 1. The molecule has 2 aromatic rings. The molecule has 0 aliphatic carbocycles. The van der Waals surface area contributed by atoms with Gasteiger partial charge in [-0.3, -0.25) is 9.30 Å². The molecule has 0 spiro atoms. The smallest absolute Gasteiger partial charge is 0.408 e. The molecular formula is C14H15BrN4O3. The van der Waals surface area contributed by atoms with Gasteiger partial charge in [-0.15, -0.1) is 0 Å². The van der Waals surface area contributed by atoms with E-state index in [-0.39, 0.29) is 18.0 Å². The van der Waals surface area contributed by atoms with Crippen molar-refractivity contribution in [3.8, 4) is 0 Å². The zero-order chi connectivity index (χ0) is 15.4. The summed E-state index contributed by atoms with van der Waals surface area (Å²) in [5.74, 6) is 0.930. The zero-order valence-corrected chi connectivity index (χ0v) is 13.2. The highest BCUT2D eigenvalue weighted by atomic mass is 79.9. The van der Waals surface area contributed by atoms with Gasteiger partial charge in [0.25, 0.3) is 0 Å². The third-order valence-electron chi connectivity index (χ3n) is 4.58. The molecule has 2 aliphatic heterocycles. The Balaban J connectivity index is 1.85. The lowest BCUT2D eigenvalue weighted by molar-refractivity contribution is 0.0978. The van der Waals surface area contributed by atoms with Gasteiger partial charge in [0.2, 0.25) is 0 Å². The topological polar surface area (TPSA) is 93.1 Å². The van der Waals surface area contributed by atoms with Crippen molar-refractivity contribution in [3.63, 3.8) is 0 Å². The number of aromatic nitrogens is 2. The summed E-state index contributed by atoms with van der Waals surface area (Å²) in [6.45, 7) is 1.07. The van der Waals surface area contributed by atoms with Crippen LogP contribution in [0.3, 0.4) is 0 Å². The van der Waals surface area contributed by atoms with Gasteiger partial charge in [-0.05, 0) is 34.5 Å². The van der Waals surface area contributed by atoms with E-state index in [1.54, 1.807) is 6.07 Å². The van der Waals surface area contributed by atoms with Crippen LogP contribution < -0.4 is 5.73 Å². The number of anilines is 1. The molecule has 1 amide bonds. The lowest BCUT2D eigenvalue weighted by Crippen LogP contribution is -2.39. The van der Waals surface area contributed by atoms with Gasteiger partial charge in [-0.25, -0.2) is 9.78 Å². The summed E-state index contributed by atoms with van der Waals surface area (Å²) < 4.78 is 7.94. The number of hydrogen-bond acceptors (Lipinski definition) is 4. The minimum absolute atomic E-state index is 0.0883. The maximum atomic E-state index is 11.7. The van der Waals surface area contributed by atoms with E-state index in [1.165, 1.54) is 4.90 Å². The Labute approximate surface area is 134 Å². The first kappa shape index (κ1) is 13.8. The van der Waals surface area contributed by atoms with E-state index in [2.05, 4.69) is 20.9 Å². The molecule has 116 valence electrons. The molecule has 2 saturated heterocycles. The van der Waals surface area contributed by atoms with E-state index in [1.807, 2.05) is 16.7 Å². The van der Waals surface area contributed by atoms with E-state index in [9.17, 15) is 9.90 Å². The van der Waals surface area contributed by atoms with Crippen LogP contribution in [0, 0.1) is 5.92 Å². The average Bonchev–Trinajstić information content (AvgIpc) is 3.10. The third kappa shape index (κ3) is 1.83. The molecule has 4 rings (SSSR count). The molecule has 0 aromatic carbocycles. The van der Waals surface area contributed by atoms with Gasteiger partial charge in [0.1, 0.15) is 15.9 Å².